The Labute approximate surface area is 158 Å². The summed E-state index contributed by atoms with van der Waals surface area (Å²) in [6.45, 7) is 7.06. The van der Waals surface area contributed by atoms with Gasteiger partial charge in [0, 0.05) is 31.7 Å². The fourth-order valence-corrected chi connectivity index (χ4v) is 3.34. The second-order valence-corrected chi connectivity index (χ2v) is 8.11. The Kier molecular flexibility index (Phi) is 5.13. The first kappa shape index (κ1) is 19.2. The van der Waals surface area contributed by atoms with Crippen LogP contribution in [0.2, 0.25) is 0 Å². The Balaban J connectivity index is 1.71. The molecule has 0 bridgehead atoms. The SMILES string of the molecule is CC(C)(C)OC(=O)N1CCN(C(=O)c2cccc(C(=O)O)c2C2CC2)CC1. The molecule has 1 saturated carbocycles. The predicted molar refractivity (Wildman–Crippen MR) is 99.1 cm³/mol. The van der Waals surface area contributed by atoms with Crippen LogP contribution in [0.25, 0.3) is 0 Å². The number of rotatable bonds is 3. The van der Waals surface area contributed by atoms with Gasteiger partial charge in [-0.2, -0.15) is 0 Å². The highest BCUT2D eigenvalue weighted by Crippen LogP contribution is 2.43. The first-order valence-electron chi connectivity index (χ1n) is 9.31. The van der Waals surface area contributed by atoms with Gasteiger partial charge in [0.15, 0.2) is 0 Å². The molecule has 27 heavy (non-hydrogen) atoms. The molecule has 0 radical (unpaired) electrons. The molecule has 2 aliphatic rings. The lowest BCUT2D eigenvalue weighted by molar-refractivity contribution is 0.0140. The second kappa shape index (κ2) is 7.21. The van der Waals surface area contributed by atoms with Crippen molar-refractivity contribution in [1.82, 2.24) is 9.80 Å². The summed E-state index contributed by atoms with van der Waals surface area (Å²) >= 11 is 0. The zero-order chi connectivity index (χ0) is 19.8. The van der Waals surface area contributed by atoms with Gasteiger partial charge in [0.05, 0.1) is 5.56 Å². The molecule has 1 N–H and O–H groups in total. The number of carbonyl (C=O) groups is 3. The summed E-state index contributed by atoms with van der Waals surface area (Å²) in [7, 11) is 0. The molecule has 0 aromatic heterocycles. The number of carbonyl (C=O) groups excluding carboxylic acids is 2. The van der Waals surface area contributed by atoms with Gasteiger partial charge in [0.2, 0.25) is 0 Å². The van der Waals surface area contributed by atoms with E-state index >= 15 is 0 Å². The number of hydrogen-bond acceptors (Lipinski definition) is 4. The lowest BCUT2D eigenvalue weighted by Gasteiger charge is -2.36. The second-order valence-electron chi connectivity index (χ2n) is 8.11. The monoisotopic (exact) mass is 374 g/mol. The van der Waals surface area contributed by atoms with Crippen molar-refractivity contribution < 1.29 is 24.2 Å². The smallest absolute Gasteiger partial charge is 0.410 e. The lowest BCUT2D eigenvalue weighted by atomic mass is 9.96. The zero-order valence-electron chi connectivity index (χ0n) is 16.0. The van der Waals surface area contributed by atoms with Gasteiger partial charge < -0.3 is 19.6 Å². The fraction of sp³-hybridized carbons (Fsp3) is 0.550. The number of aromatic carboxylic acids is 1. The van der Waals surface area contributed by atoms with Crippen LogP contribution in [0, 0.1) is 0 Å². The standard InChI is InChI=1S/C20H26N2O5/c1-20(2,3)27-19(26)22-11-9-21(10-12-22)17(23)14-5-4-6-15(18(24)25)16(14)13-7-8-13/h4-6,13H,7-12H2,1-3H3,(H,24,25). The van der Waals surface area contributed by atoms with Crippen LogP contribution in [0.1, 0.15) is 65.8 Å². The van der Waals surface area contributed by atoms with E-state index in [1.807, 2.05) is 20.8 Å². The Hall–Kier alpha value is -2.57. The third-order valence-electron chi connectivity index (χ3n) is 4.77. The van der Waals surface area contributed by atoms with Crippen molar-refractivity contribution in [2.45, 2.75) is 45.1 Å². The summed E-state index contributed by atoms with van der Waals surface area (Å²) in [5.41, 5.74) is 0.795. The Morgan fingerprint density at radius 2 is 1.56 bits per heavy atom. The van der Waals surface area contributed by atoms with Crippen LogP contribution in [0.5, 0.6) is 0 Å². The maximum absolute atomic E-state index is 13.0. The van der Waals surface area contributed by atoms with E-state index in [1.165, 1.54) is 0 Å². The van der Waals surface area contributed by atoms with Crippen LogP contribution in [0.4, 0.5) is 4.79 Å². The van der Waals surface area contributed by atoms with Gasteiger partial charge >= 0.3 is 12.1 Å². The predicted octanol–water partition coefficient (Wildman–Crippen LogP) is 2.96. The summed E-state index contributed by atoms with van der Waals surface area (Å²) in [5, 5.41) is 9.46. The molecular formula is C20H26N2O5. The molecule has 0 spiro atoms. The van der Waals surface area contributed by atoms with E-state index in [9.17, 15) is 19.5 Å². The topological polar surface area (TPSA) is 87.2 Å². The van der Waals surface area contributed by atoms with E-state index < -0.39 is 11.6 Å². The van der Waals surface area contributed by atoms with Gasteiger partial charge in [-0.3, -0.25) is 4.79 Å². The highest BCUT2D eigenvalue weighted by molar-refractivity contribution is 6.00. The average Bonchev–Trinajstić information content (AvgIpc) is 3.44. The van der Waals surface area contributed by atoms with Crippen LogP contribution >= 0.6 is 0 Å². The van der Waals surface area contributed by atoms with Crippen molar-refractivity contribution >= 4 is 18.0 Å². The molecule has 7 nitrogen and oxygen atoms in total. The summed E-state index contributed by atoms with van der Waals surface area (Å²) in [6, 6.07) is 4.90. The third-order valence-corrected chi connectivity index (χ3v) is 4.77. The van der Waals surface area contributed by atoms with Crippen molar-refractivity contribution in [3.8, 4) is 0 Å². The molecule has 2 fully saturated rings. The molecule has 146 valence electrons. The van der Waals surface area contributed by atoms with E-state index in [0.717, 1.165) is 12.8 Å². The Bertz CT molecular complexity index is 756. The summed E-state index contributed by atoms with van der Waals surface area (Å²) in [5.74, 6) is -1.01. The lowest BCUT2D eigenvalue weighted by Crippen LogP contribution is -2.51. The maximum Gasteiger partial charge on any atom is 0.410 e. The normalized spacial score (nSPS) is 17.6. The van der Waals surface area contributed by atoms with Crippen LogP contribution in [0.15, 0.2) is 18.2 Å². The van der Waals surface area contributed by atoms with Gasteiger partial charge in [-0.05, 0) is 57.2 Å². The van der Waals surface area contributed by atoms with Crippen molar-refractivity contribution in [3.63, 3.8) is 0 Å². The maximum atomic E-state index is 13.0. The van der Waals surface area contributed by atoms with Gasteiger partial charge in [-0.25, -0.2) is 9.59 Å². The minimum atomic E-state index is -0.999. The van der Waals surface area contributed by atoms with E-state index in [4.69, 9.17) is 4.74 Å². The van der Waals surface area contributed by atoms with Crippen molar-refractivity contribution in [1.29, 1.82) is 0 Å². The quantitative estimate of drug-likeness (QED) is 0.879. The number of piperazine rings is 1. The minimum absolute atomic E-state index is 0.152. The molecule has 1 aromatic rings. The molecule has 3 rings (SSSR count). The van der Waals surface area contributed by atoms with E-state index in [1.54, 1.807) is 28.0 Å². The van der Waals surface area contributed by atoms with Gasteiger partial charge in [-0.15, -0.1) is 0 Å². The highest BCUT2D eigenvalue weighted by atomic mass is 16.6. The number of carboxylic acid groups (broad SMARTS) is 1. The fourth-order valence-electron chi connectivity index (χ4n) is 3.34. The summed E-state index contributed by atoms with van der Waals surface area (Å²) < 4.78 is 5.38. The molecular weight excluding hydrogens is 348 g/mol. The number of hydrogen-bond donors (Lipinski definition) is 1. The minimum Gasteiger partial charge on any atom is -0.478 e. The van der Waals surface area contributed by atoms with E-state index in [-0.39, 0.29) is 23.5 Å². The average molecular weight is 374 g/mol. The molecule has 7 heteroatoms. The van der Waals surface area contributed by atoms with Crippen molar-refractivity contribution in [2.24, 2.45) is 0 Å². The molecule has 0 unspecified atom stereocenters. The highest BCUT2D eigenvalue weighted by Gasteiger charge is 2.34. The van der Waals surface area contributed by atoms with Gasteiger partial charge in [0.25, 0.3) is 5.91 Å². The van der Waals surface area contributed by atoms with Crippen LogP contribution in [-0.4, -0.2) is 64.7 Å². The zero-order valence-corrected chi connectivity index (χ0v) is 16.0. The van der Waals surface area contributed by atoms with Crippen molar-refractivity contribution in [2.75, 3.05) is 26.2 Å². The molecule has 2 amide bonds. The van der Waals surface area contributed by atoms with E-state index in [2.05, 4.69) is 0 Å². The molecule has 1 heterocycles. The first-order chi connectivity index (χ1) is 12.7. The Morgan fingerprint density at radius 3 is 2.07 bits per heavy atom. The number of carboxylic acids is 1. The molecule has 1 saturated heterocycles. The summed E-state index contributed by atoms with van der Waals surface area (Å²) in [6.07, 6.45) is 1.45. The first-order valence-corrected chi connectivity index (χ1v) is 9.31. The number of nitrogens with zero attached hydrogens (tertiary/aromatic N) is 2. The van der Waals surface area contributed by atoms with Crippen LogP contribution in [-0.2, 0) is 4.74 Å². The third kappa shape index (κ3) is 4.40. The number of benzene rings is 1. The van der Waals surface area contributed by atoms with E-state index in [0.29, 0.717) is 37.3 Å². The molecule has 0 atom stereocenters. The molecule has 1 aliphatic heterocycles. The number of ether oxygens (including phenoxy) is 1. The Morgan fingerprint density at radius 1 is 1.00 bits per heavy atom. The van der Waals surface area contributed by atoms with Crippen LogP contribution in [0.3, 0.4) is 0 Å². The van der Waals surface area contributed by atoms with Gasteiger partial charge in [-0.1, -0.05) is 6.07 Å². The van der Waals surface area contributed by atoms with Crippen molar-refractivity contribution in [3.05, 3.63) is 34.9 Å². The number of amides is 2. The van der Waals surface area contributed by atoms with Gasteiger partial charge in [0.1, 0.15) is 5.60 Å². The molecule has 1 aliphatic carbocycles. The summed E-state index contributed by atoms with van der Waals surface area (Å²) in [4.78, 5) is 40.0. The van der Waals surface area contributed by atoms with Crippen LogP contribution < -0.4 is 0 Å². The largest absolute Gasteiger partial charge is 0.478 e. The molecule has 1 aromatic carbocycles.